The van der Waals surface area contributed by atoms with E-state index in [1.54, 1.807) is 6.07 Å². The van der Waals surface area contributed by atoms with Crippen molar-refractivity contribution in [3.05, 3.63) is 53.5 Å². The molecule has 1 atom stereocenters. The van der Waals surface area contributed by atoms with Gasteiger partial charge < -0.3 is 9.15 Å². The van der Waals surface area contributed by atoms with Gasteiger partial charge in [-0.2, -0.15) is 0 Å². The highest BCUT2D eigenvalue weighted by atomic mass is 16.5. The zero-order valence-electron chi connectivity index (χ0n) is 12.3. The SMILES string of the molecule is CCC(C)c1ccccc1OCc1occc1C(=O)NN. The zero-order chi connectivity index (χ0) is 15.2. The molecule has 0 aliphatic rings. The van der Waals surface area contributed by atoms with Crippen molar-refractivity contribution in [2.45, 2.75) is 32.8 Å². The summed E-state index contributed by atoms with van der Waals surface area (Å²) in [5, 5.41) is 0. The third-order valence-electron chi connectivity index (χ3n) is 3.54. The summed E-state index contributed by atoms with van der Waals surface area (Å²) in [5.41, 5.74) is 3.63. The van der Waals surface area contributed by atoms with Crippen molar-refractivity contribution in [3.8, 4) is 5.75 Å². The molecule has 0 saturated heterocycles. The maximum atomic E-state index is 11.6. The number of para-hydroxylation sites is 1. The first-order chi connectivity index (χ1) is 10.2. The van der Waals surface area contributed by atoms with E-state index in [0.29, 0.717) is 17.2 Å². The number of hydrogen-bond acceptors (Lipinski definition) is 4. The van der Waals surface area contributed by atoms with Gasteiger partial charge in [0.05, 0.1) is 11.8 Å². The molecular weight excluding hydrogens is 268 g/mol. The van der Waals surface area contributed by atoms with Gasteiger partial charge in [-0.05, 0) is 30.0 Å². The van der Waals surface area contributed by atoms with Crippen molar-refractivity contribution in [2.75, 3.05) is 0 Å². The fraction of sp³-hybridized carbons (Fsp3) is 0.312. The number of ether oxygens (including phenoxy) is 1. The lowest BCUT2D eigenvalue weighted by atomic mass is 9.98. The fourth-order valence-corrected chi connectivity index (χ4v) is 2.11. The van der Waals surface area contributed by atoms with Crippen molar-refractivity contribution in [1.82, 2.24) is 5.43 Å². The Morgan fingerprint density at radius 1 is 1.38 bits per heavy atom. The fourth-order valence-electron chi connectivity index (χ4n) is 2.11. The van der Waals surface area contributed by atoms with Crippen LogP contribution in [0.1, 0.15) is 47.9 Å². The van der Waals surface area contributed by atoms with E-state index in [1.807, 2.05) is 18.2 Å². The topological polar surface area (TPSA) is 77.5 Å². The second-order valence-corrected chi connectivity index (χ2v) is 4.87. The van der Waals surface area contributed by atoms with E-state index in [4.69, 9.17) is 15.0 Å². The zero-order valence-corrected chi connectivity index (χ0v) is 12.3. The monoisotopic (exact) mass is 288 g/mol. The number of amides is 1. The van der Waals surface area contributed by atoms with E-state index in [0.717, 1.165) is 17.7 Å². The molecule has 1 heterocycles. The third kappa shape index (κ3) is 3.44. The highest BCUT2D eigenvalue weighted by molar-refractivity contribution is 5.94. The molecule has 112 valence electrons. The Labute approximate surface area is 124 Å². The quantitative estimate of drug-likeness (QED) is 0.486. The number of hydrogen-bond donors (Lipinski definition) is 2. The molecular formula is C16H20N2O3. The predicted octanol–water partition coefficient (Wildman–Crippen LogP) is 2.98. The van der Waals surface area contributed by atoms with Gasteiger partial charge in [0.25, 0.3) is 5.91 Å². The van der Waals surface area contributed by atoms with E-state index >= 15 is 0 Å². The van der Waals surface area contributed by atoms with E-state index in [-0.39, 0.29) is 6.61 Å². The van der Waals surface area contributed by atoms with Crippen LogP contribution in [-0.4, -0.2) is 5.91 Å². The number of nitrogens with two attached hydrogens (primary N) is 1. The number of furan rings is 1. The van der Waals surface area contributed by atoms with Crippen LogP contribution in [0.3, 0.4) is 0 Å². The molecule has 5 nitrogen and oxygen atoms in total. The average Bonchev–Trinajstić information content (AvgIpc) is 3.00. The highest BCUT2D eigenvalue weighted by Gasteiger charge is 2.15. The third-order valence-corrected chi connectivity index (χ3v) is 3.54. The molecule has 0 aliphatic heterocycles. The van der Waals surface area contributed by atoms with Gasteiger partial charge in [0, 0.05) is 0 Å². The Hall–Kier alpha value is -2.27. The maximum absolute atomic E-state index is 11.6. The first-order valence-corrected chi connectivity index (χ1v) is 6.96. The summed E-state index contributed by atoms with van der Waals surface area (Å²) in [5.74, 6) is 6.42. The van der Waals surface area contributed by atoms with Gasteiger partial charge in [0.2, 0.25) is 0 Å². The summed E-state index contributed by atoms with van der Waals surface area (Å²) >= 11 is 0. The van der Waals surface area contributed by atoms with Gasteiger partial charge in [0.1, 0.15) is 12.4 Å². The van der Waals surface area contributed by atoms with Crippen LogP contribution in [0.5, 0.6) is 5.75 Å². The minimum Gasteiger partial charge on any atom is -0.485 e. The number of carbonyl (C=O) groups is 1. The van der Waals surface area contributed by atoms with Gasteiger partial charge in [-0.3, -0.25) is 10.2 Å². The van der Waals surface area contributed by atoms with Crippen molar-refractivity contribution in [1.29, 1.82) is 0 Å². The molecule has 1 aromatic carbocycles. The van der Waals surface area contributed by atoms with E-state index in [1.165, 1.54) is 6.26 Å². The normalized spacial score (nSPS) is 12.0. The van der Waals surface area contributed by atoms with Crippen LogP contribution in [0.25, 0.3) is 0 Å². The van der Waals surface area contributed by atoms with E-state index in [9.17, 15) is 4.79 Å². The maximum Gasteiger partial charge on any atom is 0.268 e. The number of nitrogen functional groups attached to an aromatic ring is 1. The van der Waals surface area contributed by atoms with Crippen molar-refractivity contribution >= 4 is 5.91 Å². The average molecular weight is 288 g/mol. The largest absolute Gasteiger partial charge is 0.485 e. The molecule has 1 amide bonds. The van der Waals surface area contributed by atoms with Gasteiger partial charge in [0.15, 0.2) is 5.76 Å². The van der Waals surface area contributed by atoms with Gasteiger partial charge >= 0.3 is 0 Å². The Bertz CT molecular complexity index is 607. The molecule has 0 bridgehead atoms. The number of hydrazine groups is 1. The van der Waals surface area contributed by atoms with Crippen LogP contribution in [0, 0.1) is 0 Å². The van der Waals surface area contributed by atoms with Gasteiger partial charge in [-0.1, -0.05) is 32.0 Å². The Kier molecular flexibility index (Phi) is 5.00. The molecule has 0 radical (unpaired) electrons. The summed E-state index contributed by atoms with van der Waals surface area (Å²) in [4.78, 5) is 11.6. The highest BCUT2D eigenvalue weighted by Crippen LogP contribution is 2.29. The molecule has 3 N–H and O–H groups in total. The van der Waals surface area contributed by atoms with Crippen LogP contribution < -0.4 is 16.0 Å². The molecule has 2 rings (SSSR count). The lowest BCUT2D eigenvalue weighted by Gasteiger charge is -2.15. The summed E-state index contributed by atoms with van der Waals surface area (Å²) in [7, 11) is 0. The predicted molar refractivity (Wildman–Crippen MR) is 79.8 cm³/mol. The molecule has 1 aromatic heterocycles. The number of nitrogens with one attached hydrogen (secondary N) is 1. The number of carbonyl (C=O) groups excluding carboxylic acids is 1. The molecule has 21 heavy (non-hydrogen) atoms. The van der Waals surface area contributed by atoms with E-state index < -0.39 is 5.91 Å². The standard InChI is InChI=1S/C16H20N2O3/c1-3-11(2)12-6-4-5-7-14(12)21-10-15-13(8-9-20-15)16(19)18-17/h4-9,11H,3,10,17H2,1-2H3,(H,18,19). The molecule has 0 saturated carbocycles. The summed E-state index contributed by atoms with van der Waals surface area (Å²) < 4.78 is 11.1. The van der Waals surface area contributed by atoms with Crippen molar-refractivity contribution in [3.63, 3.8) is 0 Å². The second-order valence-electron chi connectivity index (χ2n) is 4.87. The first kappa shape index (κ1) is 15.1. The summed E-state index contributed by atoms with van der Waals surface area (Å²) in [6.07, 6.45) is 2.48. The Morgan fingerprint density at radius 2 is 2.14 bits per heavy atom. The lowest BCUT2D eigenvalue weighted by molar-refractivity contribution is 0.0949. The van der Waals surface area contributed by atoms with Crippen molar-refractivity contribution < 1.29 is 13.9 Å². The molecule has 0 fully saturated rings. The van der Waals surface area contributed by atoms with Crippen LogP contribution in [0.15, 0.2) is 41.0 Å². The Balaban J connectivity index is 2.14. The Morgan fingerprint density at radius 3 is 2.86 bits per heavy atom. The smallest absolute Gasteiger partial charge is 0.268 e. The summed E-state index contributed by atoms with van der Waals surface area (Å²) in [6, 6.07) is 9.47. The molecule has 2 aromatic rings. The molecule has 1 unspecified atom stereocenters. The molecule has 0 aliphatic carbocycles. The lowest BCUT2D eigenvalue weighted by Crippen LogP contribution is -2.30. The van der Waals surface area contributed by atoms with Gasteiger partial charge in [-0.15, -0.1) is 0 Å². The summed E-state index contributed by atoms with van der Waals surface area (Å²) in [6.45, 7) is 4.48. The van der Waals surface area contributed by atoms with Crippen LogP contribution in [0.4, 0.5) is 0 Å². The van der Waals surface area contributed by atoms with Gasteiger partial charge in [-0.25, -0.2) is 5.84 Å². The van der Waals surface area contributed by atoms with Crippen LogP contribution >= 0.6 is 0 Å². The minimum atomic E-state index is -0.391. The minimum absolute atomic E-state index is 0.184. The molecule has 5 heteroatoms. The van der Waals surface area contributed by atoms with E-state index in [2.05, 4.69) is 25.3 Å². The number of rotatable bonds is 6. The molecule has 0 spiro atoms. The first-order valence-electron chi connectivity index (χ1n) is 6.96. The van der Waals surface area contributed by atoms with Crippen LogP contribution in [-0.2, 0) is 6.61 Å². The van der Waals surface area contributed by atoms with Crippen molar-refractivity contribution in [2.24, 2.45) is 5.84 Å². The second kappa shape index (κ2) is 6.95. The number of benzene rings is 1. The van der Waals surface area contributed by atoms with Crippen LogP contribution in [0.2, 0.25) is 0 Å².